The number of hydrogen-bond donors (Lipinski definition) is 1. The number of nitrogens with one attached hydrogen (secondary N) is 1. The third-order valence-electron chi connectivity index (χ3n) is 3.39. The predicted molar refractivity (Wildman–Crippen MR) is 112 cm³/mol. The molecule has 0 aliphatic carbocycles. The van der Waals surface area contributed by atoms with Crippen LogP contribution in [0.25, 0.3) is 0 Å². The van der Waals surface area contributed by atoms with Crippen molar-refractivity contribution < 1.29 is 0 Å². The van der Waals surface area contributed by atoms with Gasteiger partial charge in [-0.1, -0.05) is 6.92 Å². The van der Waals surface area contributed by atoms with E-state index in [1.807, 2.05) is 6.92 Å². The molecule has 0 spiro atoms. The molecule has 2 rings (SSSR count). The minimum Gasteiger partial charge on any atom is -0.357 e. The number of thiophene rings is 1. The maximum Gasteiger partial charge on any atom is 0.194 e. The Morgan fingerprint density at radius 2 is 2.22 bits per heavy atom. The first-order valence-corrected chi connectivity index (χ1v) is 9.35. The summed E-state index contributed by atoms with van der Waals surface area (Å²) in [4.78, 5) is 11.4. The number of guanidine groups is 1. The van der Waals surface area contributed by atoms with Crippen LogP contribution in [0.3, 0.4) is 0 Å². The van der Waals surface area contributed by atoms with Crippen LogP contribution in [0.1, 0.15) is 36.0 Å². The summed E-state index contributed by atoms with van der Waals surface area (Å²) in [5.74, 6) is 1.38. The number of hydrogen-bond acceptors (Lipinski definition) is 4. The fourth-order valence-corrected chi connectivity index (χ4v) is 3.54. The van der Waals surface area contributed by atoms with Crippen molar-refractivity contribution in [3.05, 3.63) is 38.5 Å². The van der Waals surface area contributed by atoms with Gasteiger partial charge in [0.05, 0.1) is 17.2 Å². The first-order valence-electron chi connectivity index (χ1n) is 7.52. The predicted octanol–water partition coefficient (Wildman–Crippen LogP) is 4.33. The van der Waals surface area contributed by atoms with E-state index in [0.29, 0.717) is 5.92 Å². The van der Waals surface area contributed by atoms with E-state index in [1.54, 1.807) is 22.7 Å². The molecule has 0 aliphatic heterocycles. The minimum atomic E-state index is 0. The second kappa shape index (κ2) is 10.2. The Hall–Kier alpha value is -0.670. The molecule has 2 heterocycles. The molecule has 0 fully saturated rings. The van der Waals surface area contributed by atoms with Crippen molar-refractivity contribution in [2.24, 2.45) is 4.99 Å². The highest BCUT2D eigenvalue weighted by atomic mass is 127. The van der Waals surface area contributed by atoms with E-state index in [1.165, 1.54) is 5.56 Å². The lowest BCUT2D eigenvalue weighted by molar-refractivity contribution is 0.470. The standard InChI is InChI=1S/C16H24N4S2.HI/c1-5-17-16(18-8-12(2)14-6-7-21-10-14)20(4)9-15-11-22-13(3)19-15;/h6-7,10-12H,5,8-9H2,1-4H3,(H,17,18);1H. The van der Waals surface area contributed by atoms with Crippen LogP contribution in [-0.4, -0.2) is 36.0 Å². The van der Waals surface area contributed by atoms with E-state index in [9.17, 15) is 0 Å². The largest absolute Gasteiger partial charge is 0.357 e. The topological polar surface area (TPSA) is 40.5 Å². The summed E-state index contributed by atoms with van der Waals surface area (Å²) in [5.41, 5.74) is 2.46. The molecule has 1 unspecified atom stereocenters. The van der Waals surface area contributed by atoms with Crippen LogP contribution in [-0.2, 0) is 6.54 Å². The number of nitrogens with zero attached hydrogens (tertiary/aromatic N) is 3. The summed E-state index contributed by atoms with van der Waals surface area (Å²) in [5, 5.41) is 10.9. The Bertz CT molecular complexity index is 595. The maximum atomic E-state index is 4.78. The van der Waals surface area contributed by atoms with Crippen molar-refractivity contribution in [3.8, 4) is 0 Å². The van der Waals surface area contributed by atoms with Crippen LogP contribution in [0.4, 0.5) is 0 Å². The number of thiazole rings is 1. The monoisotopic (exact) mass is 464 g/mol. The molecule has 0 saturated heterocycles. The van der Waals surface area contributed by atoms with Crippen molar-refractivity contribution in [2.45, 2.75) is 33.2 Å². The smallest absolute Gasteiger partial charge is 0.194 e. The lowest BCUT2D eigenvalue weighted by Crippen LogP contribution is -2.38. The molecule has 0 saturated carbocycles. The van der Waals surface area contributed by atoms with Gasteiger partial charge in [0.15, 0.2) is 5.96 Å². The van der Waals surface area contributed by atoms with Crippen molar-refractivity contribution >= 4 is 52.6 Å². The van der Waals surface area contributed by atoms with Gasteiger partial charge in [-0.05, 0) is 36.2 Å². The third kappa shape index (κ3) is 6.39. The van der Waals surface area contributed by atoms with Crippen molar-refractivity contribution in [2.75, 3.05) is 20.1 Å². The summed E-state index contributed by atoms with van der Waals surface area (Å²) >= 11 is 3.43. The molecule has 128 valence electrons. The SMILES string of the molecule is CCNC(=NCC(C)c1ccsc1)N(C)Cc1csc(C)n1.I. The average Bonchev–Trinajstić information content (AvgIpc) is 3.14. The molecule has 23 heavy (non-hydrogen) atoms. The zero-order valence-corrected chi connectivity index (χ0v) is 18.0. The van der Waals surface area contributed by atoms with Crippen molar-refractivity contribution in [1.82, 2.24) is 15.2 Å². The fraction of sp³-hybridized carbons (Fsp3) is 0.500. The lowest BCUT2D eigenvalue weighted by atomic mass is 10.1. The van der Waals surface area contributed by atoms with E-state index in [0.717, 1.165) is 36.3 Å². The molecule has 2 aromatic rings. The second-order valence-electron chi connectivity index (χ2n) is 5.37. The molecular weight excluding hydrogens is 439 g/mol. The molecule has 0 radical (unpaired) electrons. The van der Waals surface area contributed by atoms with Gasteiger partial charge in [-0.3, -0.25) is 4.99 Å². The van der Waals surface area contributed by atoms with Crippen LogP contribution >= 0.6 is 46.7 Å². The highest BCUT2D eigenvalue weighted by Gasteiger charge is 2.10. The second-order valence-corrected chi connectivity index (χ2v) is 7.21. The van der Waals surface area contributed by atoms with Crippen LogP contribution in [0.2, 0.25) is 0 Å². The number of aryl methyl sites for hydroxylation is 1. The molecule has 0 aliphatic rings. The molecule has 1 N–H and O–H groups in total. The summed E-state index contributed by atoms with van der Waals surface area (Å²) in [6.07, 6.45) is 0. The van der Waals surface area contributed by atoms with Gasteiger partial charge in [-0.25, -0.2) is 4.98 Å². The van der Waals surface area contributed by atoms with Crippen LogP contribution in [0, 0.1) is 6.92 Å². The zero-order chi connectivity index (χ0) is 15.9. The Morgan fingerprint density at radius 1 is 1.43 bits per heavy atom. The van der Waals surface area contributed by atoms with Crippen molar-refractivity contribution in [1.29, 1.82) is 0 Å². The van der Waals surface area contributed by atoms with Crippen LogP contribution < -0.4 is 5.32 Å². The van der Waals surface area contributed by atoms with E-state index in [2.05, 4.69) is 58.3 Å². The first kappa shape index (κ1) is 20.4. The summed E-state index contributed by atoms with van der Waals surface area (Å²) in [6.45, 7) is 8.79. The van der Waals surface area contributed by atoms with Gasteiger partial charge in [-0.2, -0.15) is 11.3 Å². The Labute approximate surface area is 164 Å². The van der Waals surface area contributed by atoms with Crippen molar-refractivity contribution in [3.63, 3.8) is 0 Å². The molecule has 0 bridgehead atoms. The van der Waals surface area contributed by atoms with E-state index in [-0.39, 0.29) is 24.0 Å². The van der Waals surface area contributed by atoms with E-state index >= 15 is 0 Å². The molecule has 1 atom stereocenters. The number of aliphatic imine (C=N–C) groups is 1. The molecular formula is C16H25IN4S2. The van der Waals surface area contributed by atoms with Gasteiger partial charge in [0.1, 0.15) is 0 Å². The van der Waals surface area contributed by atoms with Gasteiger partial charge >= 0.3 is 0 Å². The van der Waals surface area contributed by atoms with E-state index in [4.69, 9.17) is 4.99 Å². The number of rotatable bonds is 6. The number of halogens is 1. The molecule has 2 aromatic heterocycles. The molecule has 0 aromatic carbocycles. The van der Waals surface area contributed by atoms with Gasteiger partial charge < -0.3 is 10.2 Å². The van der Waals surface area contributed by atoms with Gasteiger partial charge in [0.2, 0.25) is 0 Å². The highest BCUT2D eigenvalue weighted by Crippen LogP contribution is 2.18. The maximum absolute atomic E-state index is 4.78. The normalized spacial score (nSPS) is 12.6. The molecule has 4 nitrogen and oxygen atoms in total. The minimum absolute atomic E-state index is 0. The lowest BCUT2D eigenvalue weighted by Gasteiger charge is -2.21. The third-order valence-corrected chi connectivity index (χ3v) is 4.91. The Balaban J connectivity index is 0.00000264. The van der Waals surface area contributed by atoms with Crippen LogP contribution in [0.15, 0.2) is 27.2 Å². The van der Waals surface area contributed by atoms with Crippen LogP contribution in [0.5, 0.6) is 0 Å². The fourth-order valence-electron chi connectivity index (χ4n) is 2.15. The summed E-state index contributed by atoms with van der Waals surface area (Å²) < 4.78 is 0. The van der Waals surface area contributed by atoms with Gasteiger partial charge in [0.25, 0.3) is 0 Å². The molecule has 0 amide bonds. The van der Waals surface area contributed by atoms with Gasteiger partial charge in [-0.15, -0.1) is 35.3 Å². The van der Waals surface area contributed by atoms with E-state index < -0.39 is 0 Å². The molecule has 7 heteroatoms. The summed E-state index contributed by atoms with van der Waals surface area (Å²) in [6, 6.07) is 2.18. The zero-order valence-electron chi connectivity index (χ0n) is 14.1. The quantitative estimate of drug-likeness (QED) is 0.393. The Kier molecular flexibility index (Phi) is 9.08. The first-order chi connectivity index (χ1) is 10.6. The highest BCUT2D eigenvalue weighted by molar-refractivity contribution is 14.0. The average molecular weight is 464 g/mol. The van der Waals surface area contributed by atoms with Gasteiger partial charge in [0, 0.05) is 31.4 Å². The Morgan fingerprint density at radius 3 is 2.78 bits per heavy atom. The number of aromatic nitrogens is 1. The summed E-state index contributed by atoms with van der Waals surface area (Å²) in [7, 11) is 2.06.